The maximum atomic E-state index is 9.01. The van der Waals surface area contributed by atoms with E-state index in [1.54, 1.807) is 12.1 Å². The number of para-hydroxylation sites is 1. The lowest BCUT2D eigenvalue weighted by atomic mass is 9.49. The Morgan fingerprint density at radius 2 is 0.801 bits per heavy atom. The predicted octanol–water partition coefficient (Wildman–Crippen LogP) is 35.2. The average Bonchev–Trinajstić information content (AvgIpc) is 0.734. The second kappa shape index (κ2) is 60.2. The molecule has 141 heavy (non-hydrogen) atoms. The Labute approximate surface area is 856 Å². The smallest absolute Gasteiger partial charge is 0.205 e. The molecule has 784 valence electrons. The molecule has 8 saturated carbocycles. The van der Waals surface area contributed by atoms with E-state index in [1.165, 1.54) is 226 Å². The van der Waals surface area contributed by atoms with Gasteiger partial charge in [-0.15, -0.1) is 0 Å². The summed E-state index contributed by atoms with van der Waals surface area (Å²) in [4.78, 5) is 0. The van der Waals surface area contributed by atoms with Gasteiger partial charge in [-0.3, -0.25) is 0 Å². The number of phenols is 1. The molecule has 1 N–H and O–H groups in total. The van der Waals surface area contributed by atoms with Crippen LogP contribution in [0.3, 0.4) is 0 Å². The van der Waals surface area contributed by atoms with Crippen molar-refractivity contribution in [2.45, 2.75) is 467 Å². The molecule has 4 bridgehead atoms. The van der Waals surface area contributed by atoms with Crippen LogP contribution in [0.25, 0.3) is 0 Å². The maximum Gasteiger partial charge on any atom is 0.205 e. The van der Waals surface area contributed by atoms with Crippen LogP contribution < -0.4 is 28.4 Å². The van der Waals surface area contributed by atoms with Crippen molar-refractivity contribution in [2.75, 3.05) is 33.0 Å². The first-order valence-electron chi connectivity index (χ1n) is 57.0. The van der Waals surface area contributed by atoms with Gasteiger partial charge in [0, 0.05) is 41.8 Å². The largest absolute Gasteiger partial charge is 0.508 e. The summed E-state index contributed by atoms with van der Waals surface area (Å²) < 4.78 is 80.4. The summed E-state index contributed by atoms with van der Waals surface area (Å²) >= 11 is 0. The molecular formula is C127H192O14. The van der Waals surface area contributed by atoms with Crippen molar-refractivity contribution < 1.29 is 66.7 Å². The minimum atomic E-state index is -0.251. The lowest BCUT2D eigenvalue weighted by molar-refractivity contribution is -0.227. The van der Waals surface area contributed by atoms with E-state index >= 15 is 0 Å². The van der Waals surface area contributed by atoms with Gasteiger partial charge in [-0.05, 0) is 333 Å². The highest BCUT2D eigenvalue weighted by Gasteiger charge is 2.56. The van der Waals surface area contributed by atoms with E-state index in [9.17, 15) is 0 Å². The van der Waals surface area contributed by atoms with Crippen molar-refractivity contribution in [3.05, 3.63) is 209 Å². The van der Waals surface area contributed by atoms with Crippen LogP contribution in [0.2, 0.25) is 0 Å². The Morgan fingerprint density at radius 1 is 0.390 bits per heavy atom. The molecule has 17 rings (SSSR count). The second-order valence-electron chi connectivity index (χ2n) is 45.0. The first kappa shape index (κ1) is 114. The third-order valence-corrected chi connectivity index (χ3v) is 32.9. The van der Waals surface area contributed by atoms with Crippen molar-refractivity contribution in [1.29, 1.82) is 0 Å². The zero-order valence-corrected chi connectivity index (χ0v) is 91.3. The van der Waals surface area contributed by atoms with Gasteiger partial charge in [0.1, 0.15) is 40.2 Å². The van der Waals surface area contributed by atoms with Crippen molar-refractivity contribution in [1.82, 2.24) is 0 Å². The van der Waals surface area contributed by atoms with Gasteiger partial charge in [0.05, 0.1) is 56.9 Å². The van der Waals surface area contributed by atoms with Crippen molar-refractivity contribution in [3.8, 4) is 40.2 Å². The summed E-state index contributed by atoms with van der Waals surface area (Å²) in [5.41, 5.74) is 9.54. The van der Waals surface area contributed by atoms with Gasteiger partial charge in [-0.25, -0.2) is 0 Å². The standard InChI is InChI=1S/C27H36O3.C26H42O3.C24H36O2.C20H32O3.C20H32O2.C10H14O/c1-3-20(2)22-13-15-23(16-14-22)29-27(19-21-9-5-4-6-10-21)30-26-17-18-28-25-12-8-7-11-24(25)26;1-5-20(2)21-14-16-23(17-15-21)29-25(28-19-24-13-9-10-18-27-24)26(3,4)22-11-7-6-8-12-22;1-5-17(4)21-6-8-22(9-7-21)26-23(25-16(2)3)24-13-18-10-19(14-24)12-20(11-18)15-24;1-4-16(2)18-10-12-20(13-11-18)23-17(3)21-14-15-22-19-8-6-5-7-9-19;1-5-16(4)17-11-13-19(14-12-17)22-20(15(2)3)21-18-9-7-6-8-10-18;1-3-8(2)9-4-6-10(11)7-5-9/h7-8,11-16,20-21,26-27H,3-6,9-10,17-19H2,1-2H3;14-17,20,22,24-25H,5-13,18-19H2,1-4H3;6-9,16-20,23H,5,10-15H2,1-4H3;10-13,16-17,19H,4-9,14-15H2,1-3H3;11-16,18,20H,5-10H2,1-4H3;4-8,11H,3H2,1-2H3. The van der Waals surface area contributed by atoms with Gasteiger partial charge in [-0.2, -0.15) is 0 Å². The van der Waals surface area contributed by atoms with E-state index in [4.69, 9.17) is 66.7 Å². The normalized spacial score (nSPS) is 22.8. The molecule has 0 spiro atoms. The monoisotopic (exact) mass is 1940 g/mol. The molecule has 7 aromatic carbocycles. The third kappa shape index (κ3) is 37.3. The average molecular weight is 1940 g/mol. The number of fused-ring (bicyclic) bond motifs is 1. The zero-order chi connectivity index (χ0) is 100. The fourth-order valence-corrected chi connectivity index (χ4v) is 22.8. The van der Waals surface area contributed by atoms with Gasteiger partial charge >= 0.3 is 0 Å². The minimum absolute atomic E-state index is 0.0233. The lowest BCUT2D eigenvalue weighted by Crippen LogP contribution is -2.54. The highest BCUT2D eigenvalue weighted by Crippen LogP contribution is 2.62. The maximum absolute atomic E-state index is 9.01. The third-order valence-electron chi connectivity index (χ3n) is 32.9. The van der Waals surface area contributed by atoms with Crippen LogP contribution in [0.4, 0.5) is 0 Å². The first-order valence-corrected chi connectivity index (χ1v) is 57.0. The number of aromatic hydroxyl groups is 1. The van der Waals surface area contributed by atoms with Crippen LogP contribution in [0, 0.1) is 46.3 Å². The van der Waals surface area contributed by atoms with E-state index in [-0.39, 0.29) is 60.6 Å². The molecule has 13 unspecified atom stereocenters. The molecule has 0 amide bonds. The fraction of sp³-hybridized carbons (Fsp3) is 0.669. The Kier molecular flexibility index (Phi) is 48.8. The summed E-state index contributed by atoms with van der Waals surface area (Å²) in [7, 11) is 0. The summed E-state index contributed by atoms with van der Waals surface area (Å²) in [5.74, 6) is 13.8. The minimum Gasteiger partial charge on any atom is -0.508 e. The molecule has 1 saturated heterocycles. The molecule has 2 aliphatic heterocycles. The second-order valence-corrected chi connectivity index (χ2v) is 45.0. The summed E-state index contributed by atoms with van der Waals surface area (Å²) in [6, 6.07) is 58.6. The molecule has 2 heterocycles. The number of phenolic OH excluding ortho intramolecular Hbond substituents is 1. The first-order chi connectivity index (χ1) is 68.2. The van der Waals surface area contributed by atoms with E-state index < -0.39 is 0 Å². The van der Waals surface area contributed by atoms with Crippen LogP contribution in [0.5, 0.6) is 40.2 Å². The highest BCUT2D eigenvalue weighted by molar-refractivity contribution is 5.38. The van der Waals surface area contributed by atoms with Gasteiger partial charge in [0.15, 0.2) is 6.29 Å². The summed E-state index contributed by atoms with van der Waals surface area (Å²) in [6.07, 6.45) is 46.8. The molecule has 7 aromatic rings. The number of ether oxygens (including phenoxy) is 13. The van der Waals surface area contributed by atoms with Crippen LogP contribution in [0.1, 0.15) is 450 Å². The molecular weight excluding hydrogens is 1750 g/mol. The lowest BCUT2D eigenvalue weighted by Gasteiger charge is -2.58. The summed E-state index contributed by atoms with van der Waals surface area (Å²) in [5, 5.41) is 9.01. The molecule has 14 heteroatoms. The van der Waals surface area contributed by atoms with E-state index in [1.807, 2.05) is 43.3 Å². The Morgan fingerprint density at radius 3 is 1.25 bits per heavy atom. The molecule has 10 aliphatic rings. The number of rotatable bonds is 42. The van der Waals surface area contributed by atoms with Gasteiger partial charge < -0.3 is 66.7 Å². The van der Waals surface area contributed by atoms with Crippen LogP contribution in [0.15, 0.2) is 170 Å². The molecule has 8 aliphatic carbocycles. The zero-order valence-electron chi connectivity index (χ0n) is 91.3. The molecule has 0 aromatic heterocycles. The summed E-state index contributed by atoms with van der Waals surface area (Å²) in [6.45, 7) is 45.5. The van der Waals surface area contributed by atoms with E-state index in [0.29, 0.717) is 97.6 Å². The predicted molar refractivity (Wildman–Crippen MR) is 580 cm³/mol. The Bertz CT molecular complexity index is 4430. The quantitative estimate of drug-likeness (QED) is 0.0287. The Hall–Kier alpha value is -7.14. The Balaban J connectivity index is 0.000000165. The van der Waals surface area contributed by atoms with Crippen molar-refractivity contribution >= 4 is 0 Å². The van der Waals surface area contributed by atoms with E-state index in [2.05, 4.69) is 246 Å². The van der Waals surface area contributed by atoms with Crippen LogP contribution in [-0.4, -0.2) is 94.0 Å². The van der Waals surface area contributed by atoms with Gasteiger partial charge in [-0.1, -0.05) is 292 Å². The van der Waals surface area contributed by atoms with Gasteiger partial charge in [0.25, 0.3) is 0 Å². The van der Waals surface area contributed by atoms with E-state index in [0.717, 1.165) is 109 Å². The number of hydrogen-bond donors (Lipinski definition) is 1. The van der Waals surface area contributed by atoms with Crippen LogP contribution >= 0.6 is 0 Å². The molecule has 14 nitrogen and oxygen atoms in total. The molecule has 0 radical (unpaired) electrons. The van der Waals surface area contributed by atoms with Crippen LogP contribution in [-0.2, 0) is 33.2 Å². The molecule has 13 atom stereocenters. The van der Waals surface area contributed by atoms with Crippen molar-refractivity contribution in [2.24, 2.45) is 46.3 Å². The SMILES string of the molecule is CCC(C)c1ccc(O)cc1.CCC(C)c1ccc(OC(C)OCCOC2CCCCC2)cc1.CCC(C)c1ccc(OC(CC2CCCCC2)OC2CCOc3ccccc32)cc1.CCC(C)c1ccc(OC(OC(C)C)C23CC4CC(CC(C4)C2)C3)cc1.CCC(C)c1ccc(OC(OC2CCCCC2)C(C)C)cc1.CCC(C)c1ccc(OC(OCC2CCCCO2)C(C)(C)C2CCCCC2)cc1. The molecule has 9 fully saturated rings. The topological polar surface area (TPSA) is 140 Å². The number of benzene rings is 7. The number of hydrogen-bond acceptors (Lipinski definition) is 14. The highest BCUT2D eigenvalue weighted by atomic mass is 16.7. The van der Waals surface area contributed by atoms with Crippen molar-refractivity contribution in [3.63, 3.8) is 0 Å². The fourth-order valence-electron chi connectivity index (χ4n) is 22.8. The van der Waals surface area contributed by atoms with Gasteiger partial charge in [0.2, 0.25) is 25.2 Å².